The van der Waals surface area contributed by atoms with E-state index in [1.54, 1.807) is 0 Å². The molecule has 0 aliphatic heterocycles. The molecule has 0 saturated heterocycles. The molecule has 27 heavy (non-hydrogen) atoms. The van der Waals surface area contributed by atoms with Gasteiger partial charge in [-0.15, -0.1) is 4.36 Å². The zero-order chi connectivity index (χ0) is 19.2. The van der Waals surface area contributed by atoms with E-state index < -0.39 is 21.8 Å². The number of urea groups is 1. The molecule has 3 N–H and O–H groups in total. The van der Waals surface area contributed by atoms with Gasteiger partial charge in [0.05, 0.1) is 4.90 Å². The van der Waals surface area contributed by atoms with Gasteiger partial charge in [0, 0.05) is 10.2 Å². The summed E-state index contributed by atoms with van der Waals surface area (Å²) in [6, 6.07) is 5.37. The topological polar surface area (TPSA) is 84.6 Å². The molecule has 142 valence electrons. The van der Waals surface area contributed by atoms with Gasteiger partial charge in [-0.3, -0.25) is 0 Å². The molecule has 2 amide bonds. The van der Waals surface area contributed by atoms with Gasteiger partial charge in [0.15, 0.2) is 0 Å². The van der Waals surface area contributed by atoms with Crippen molar-refractivity contribution >= 4 is 37.6 Å². The molecule has 0 spiro atoms. The third kappa shape index (κ3) is 3.53. The number of anilines is 1. The molecule has 2 aromatic carbocycles. The molecule has 5 nitrogen and oxygen atoms in total. The van der Waals surface area contributed by atoms with Crippen LogP contribution in [0.5, 0.6) is 0 Å². The zero-order valence-electron chi connectivity index (χ0n) is 14.6. The van der Waals surface area contributed by atoms with Crippen LogP contribution in [0.15, 0.2) is 38.0 Å². The van der Waals surface area contributed by atoms with Crippen molar-refractivity contribution in [3.05, 3.63) is 56.8 Å². The Labute approximate surface area is 166 Å². The first kappa shape index (κ1) is 18.6. The van der Waals surface area contributed by atoms with Gasteiger partial charge in [0.25, 0.3) is 0 Å². The summed E-state index contributed by atoms with van der Waals surface area (Å²) in [7, 11) is -3.69. The standard InChI is InChI=1S/C19H19BrFN3O2S/c20-13-7-8-17(16(21)10-13)27(22,26)24-19(25)23-18-14-5-1-3-11(14)9-12-4-2-6-15(12)18/h7-10H,1-6H2,(H3,22,23,24,25,26). The first-order chi connectivity index (χ1) is 12.8. The Morgan fingerprint density at radius 2 is 1.74 bits per heavy atom. The number of halogens is 2. The molecule has 2 aromatic rings. The van der Waals surface area contributed by atoms with Crippen molar-refractivity contribution < 1.29 is 13.4 Å². The number of nitrogens with one attached hydrogen (secondary N) is 1. The molecule has 2 aliphatic rings. The van der Waals surface area contributed by atoms with Gasteiger partial charge in [-0.2, -0.15) is 0 Å². The van der Waals surface area contributed by atoms with E-state index in [1.165, 1.54) is 23.3 Å². The molecule has 0 saturated carbocycles. The Kier molecular flexibility index (Phi) is 4.82. The van der Waals surface area contributed by atoms with Crippen LogP contribution < -0.4 is 10.5 Å². The number of hydrogen-bond donors (Lipinski definition) is 2. The van der Waals surface area contributed by atoms with Crippen LogP contribution in [-0.2, 0) is 35.6 Å². The van der Waals surface area contributed by atoms with Crippen molar-refractivity contribution in [3.63, 3.8) is 0 Å². The number of benzene rings is 2. The molecule has 0 fully saturated rings. The van der Waals surface area contributed by atoms with Crippen molar-refractivity contribution in [1.82, 2.24) is 0 Å². The number of nitrogens with two attached hydrogens (primary N) is 1. The monoisotopic (exact) mass is 451 g/mol. The number of carbonyl (C=O) groups excluding carboxylic acids is 1. The number of carbonyl (C=O) groups is 1. The summed E-state index contributed by atoms with van der Waals surface area (Å²) in [5.41, 5.74) is 5.59. The number of nitrogens with zero attached hydrogens (tertiary/aromatic N) is 1. The summed E-state index contributed by atoms with van der Waals surface area (Å²) in [4.78, 5) is 12.2. The molecular formula is C19H19BrFN3O2S. The van der Waals surface area contributed by atoms with Crippen LogP contribution in [-0.4, -0.2) is 10.2 Å². The van der Waals surface area contributed by atoms with E-state index in [0.717, 1.165) is 61.4 Å². The van der Waals surface area contributed by atoms with Crippen molar-refractivity contribution in [2.75, 3.05) is 5.32 Å². The number of aryl methyl sites for hydroxylation is 2. The minimum atomic E-state index is -3.69. The predicted molar refractivity (Wildman–Crippen MR) is 107 cm³/mol. The largest absolute Gasteiger partial charge is 0.354 e. The van der Waals surface area contributed by atoms with E-state index >= 15 is 0 Å². The second-order valence-corrected chi connectivity index (χ2v) is 9.57. The Balaban J connectivity index is 1.69. The van der Waals surface area contributed by atoms with Gasteiger partial charge in [0.1, 0.15) is 15.7 Å². The maximum atomic E-state index is 14.1. The van der Waals surface area contributed by atoms with Crippen molar-refractivity contribution in [1.29, 1.82) is 0 Å². The van der Waals surface area contributed by atoms with Gasteiger partial charge >= 0.3 is 6.03 Å². The smallest absolute Gasteiger partial charge is 0.305 e. The molecule has 2 aliphatic carbocycles. The quantitative estimate of drug-likeness (QED) is 0.704. The Morgan fingerprint density at radius 1 is 1.11 bits per heavy atom. The molecule has 4 rings (SSSR count). The highest BCUT2D eigenvalue weighted by Crippen LogP contribution is 2.38. The fraction of sp³-hybridized carbons (Fsp3) is 0.316. The van der Waals surface area contributed by atoms with Crippen LogP contribution in [0.1, 0.15) is 35.1 Å². The summed E-state index contributed by atoms with van der Waals surface area (Å²) in [6.07, 6.45) is 5.90. The highest BCUT2D eigenvalue weighted by molar-refractivity contribution is 9.10. The summed E-state index contributed by atoms with van der Waals surface area (Å²) in [6.45, 7) is 0. The maximum absolute atomic E-state index is 14.1. The van der Waals surface area contributed by atoms with Gasteiger partial charge in [0.2, 0.25) is 0 Å². The summed E-state index contributed by atoms with van der Waals surface area (Å²) < 4.78 is 30.9. The molecule has 0 radical (unpaired) electrons. The fourth-order valence-electron chi connectivity index (χ4n) is 3.98. The first-order valence-electron chi connectivity index (χ1n) is 8.82. The van der Waals surface area contributed by atoms with Gasteiger partial charge in [-0.1, -0.05) is 22.0 Å². The maximum Gasteiger partial charge on any atom is 0.354 e. The van der Waals surface area contributed by atoms with Crippen LogP contribution in [0.25, 0.3) is 0 Å². The van der Waals surface area contributed by atoms with Crippen molar-refractivity contribution in [3.8, 4) is 0 Å². The molecule has 0 heterocycles. The van der Waals surface area contributed by atoms with E-state index in [0.29, 0.717) is 4.47 Å². The molecule has 0 bridgehead atoms. The van der Waals surface area contributed by atoms with Crippen molar-refractivity contribution in [2.45, 2.75) is 43.4 Å². The summed E-state index contributed by atoms with van der Waals surface area (Å²) >= 11 is 3.13. The highest BCUT2D eigenvalue weighted by Gasteiger charge is 2.25. The summed E-state index contributed by atoms with van der Waals surface area (Å²) in [5.74, 6) is -0.769. The third-order valence-corrected chi connectivity index (χ3v) is 7.02. The zero-order valence-corrected chi connectivity index (χ0v) is 17.0. The highest BCUT2D eigenvalue weighted by atomic mass is 79.9. The van der Waals surface area contributed by atoms with Gasteiger partial charge < -0.3 is 5.32 Å². The average molecular weight is 452 g/mol. The van der Waals surface area contributed by atoms with Crippen LogP contribution in [0.2, 0.25) is 0 Å². The van der Waals surface area contributed by atoms with Crippen LogP contribution >= 0.6 is 15.9 Å². The van der Waals surface area contributed by atoms with E-state index in [1.807, 2.05) is 0 Å². The lowest BCUT2D eigenvalue weighted by atomic mass is 9.99. The fourth-order valence-corrected chi connectivity index (χ4v) is 5.31. The molecular weight excluding hydrogens is 433 g/mol. The molecule has 8 heteroatoms. The molecule has 0 aromatic heterocycles. The minimum absolute atomic E-state index is 0.288. The van der Waals surface area contributed by atoms with Crippen molar-refractivity contribution in [2.24, 2.45) is 9.50 Å². The lowest BCUT2D eigenvalue weighted by Crippen LogP contribution is -2.19. The van der Waals surface area contributed by atoms with E-state index in [2.05, 4.69) is 31.7 Å². The van der Waals surface area contributed by atoms with E-state index in [-0.39, 0.29) is 4.90 Å². The van der Waals surface area contributed by atoms with Gasteiger partial charge in [-0.25, -0.2) is 18.5 Å². The minimum Gasteiger partial charge on any atom is -0.305 e. The number of amides is 2. The van der Waals surface area contributed by atoms with Crippen LogP contribution in [0, 0.1) is 5.82 Å². The second-order valence-electron chi connectivity index (χ2n) is 6.90. The Hall–Kier alpha value is -1.77. The summed E-state index contributed by atoms with van der Waals surface area (Å²) in [5, 5.41) is 8.52. The molecule has 1 atom stereocenters. The first-order valence-corrected chi connectivity index (χ1v) is 11.2. The number of rotatable bonds is 2. The average Bonchev–Trinajstić information content (AvgIpc) is 3.22. The van der Waals surface area contributed by atoms with Crippen LogP contribution in [0.3, 0.4) is 0 Å². The second kappa shape index (κ2) is 7.00. The Bertz CT molecular complexity index is 1040. The SMILES string of the molecule is NS(=O)(=NC(=O)Nc1c2c(cc3c1CCC3)CCC2)c1ccc(Br)cc1F. The predicted octanol–water partition coefficient (Wildman–Crippen LogP) is 4.50. The Morgan fingerprint density at radius 3 is 2.33 bits per heavy atom. The third-order valence-electron chi connectivity index (χ3n) is 5.13. The lowest BCUT2D eigenvalue weighted by Gasteiger charge is -2.15. The number of fused-ring (bicyclic) bond motifs is 2. The van der Waals surface area contributed by atoms with Crippen LogP contribution in [0.4, 0.5) is 14.9 Å². The lowest BCUT2D eigenvalue weighted by molar-refractivity contribution is 0.260. The molecule has 1 unspecified atom stereocenters. The number of hydrogen-bond acceptors (Lipinski definition) is 2. The van der Waals surface area contributed by atoms with E-state index in [9.17, 15) is 13.4 Å². The normalized spacial score (nSPS) is 17.1. The van der Waals surface area contributed by atoms with Gasteiger partial charge in [-0.05, 0) is 79.0 Å². The van der Waals surface area contributed by atoms with E-state index in [4.69, 9.17) is 5.14 Å².